The Morgan fingerprint density at radius 3 is 2.58 bits per heavy atom. The summed E-state index contributed by atoms with van der Waals surface area (Å²) >= 11 is 6.23. The van der Waals surface area contributed by atoms with Crippen molar-refractivity contribution in [2.45, 2.75) is 11.3 Å². The van der Waals surface area contributed by atoms with Crippen molar-refractivity contribution in [2.75, 3.05) is 17.4 Å². The monoisotopic (exact) mass is 455 g/mol. The Labute approximate surface area is 187 Å². The zero-order valence-electron chi connectivity index (χ0n) is 16.7. The van der Waals surface area contributed by atoms with Crippen LogP contribution in [-0.2, 0) is 16.4 Å². The summed E-state index contributed by atoms with van der Waals surface area (Å²) in [6.07, 6.45) is 3.75. The average molecular weight is 456 g/mol. The SMILES string of the molecule is C=CCN(c1ccccc1Cl)S(=O)(=O)c1cccc(C(=O)NCCc2ccccn2)c1. The summed E-state index contributed by atoms with van der Waals surface area (Å²) in [7, 11) is -3.97. The van der Waals surface area contributed by atoms with Crippen LogP contribution in [0.4, 0.5) is 5.69 Å². The number of aromatic nitrogens is 1. The summed E-state index contributed by atoms with van der Waals surface area (Å²) in [5.74, 6) is -0.360. The number of hydrogen-bond acceptors (Lipinski definition) is 4. The molecular weight excluding hydrogens is 434 g/mol. The smallest absolute Gasteiger partial charge is 0.264 e. The molecule has 0 bridgehead atoms. The van der Waals surface area contributed by atoms with Gasteiger partial charge in [0, 0.05) is 30.4 Å². The van der Waals surface area contributed by atoms with Crippen LogP contribution < -0.4 is 9.62 Å². The summed E-state index contributed by atoms with van der Waals surface area (Å²) < 4.78 is 27.8. The molecule has 0 fully saturated rings. The molecule has 1 amide bonds. The van der Waals surface area contributed by atoms with Gasteiger partial charge in [0.2, 0.25) is 0 Å². The first-order valence-electron chi connectivity index (χ1n) is 9.60. The molecule has 3 aromatic rings. The fourth-order valence-electron chi connectivity index (χ4n) is 2.97. The number of benzene rings is 2. The topological polar surface area (TPSA) is 79.4 Å². The van der Waals surface area contributed by atoms with Crippen LogP contribution in [0.25, 0.3) is 0 Å². The number of hydrogen-bond donors (Lipinski definition) is 1. The molecule has 0 saturated carbocycles. The number of para-hydroxylation sites is 1. The maximum Gasteiger partial charge on any atom is 0.264 e. The molecule has 0 aliphatic carbocycles. The van der Waals surface area contributed by atoms with E-state index in [9.17, 15) is 13.2 Å². The van der Waals surface area contributed by atoms with Gasteiger partial charge in [-0.3, -0.25) is 14.1 Å². The Bertz CT molecular complexity index is 1170. The van der Waals surface area contributed by atoms with Gasteiger partial charge >= 0.3 is 0 Å². The number of pyridine rings is 1. The Morgan fingerprint density at radius 1 is 1.10 bits per heavy atom. The third-order valence-electron chi connectivity index (χ3n) is 4.49. The predicted molar refractivity (Wildman–Crippen MR) is 123 cm³/mol. The van der Waals surface area contributed by atoms with E-state index in [0.29, 0.717) is 23.7 Å². The van der Waals surface area contributed by atoms with E-state index in [-0.39, 0.29) is 22.9 Å². The zero-order chi connectivity index (χ0) is 22.3. The van der Waals surface area contributed by atoms with E-state index in [1.54, 1.807) is 42.6 Å². The van der Waals surface area contributed by atoms with Crippen LogP contribution in [-0.4, -0.2) is 32.4 Å². The number of carbonyl (C=O) groups is 1. The number of rotatable bonds is 9. The van der Waals surface area contributed by atoms with E-state index in [2.05, 4.69) is 16.9 Å². The first kappa shape index (κ1) is 22.5. The van der Waals surface area contributed by atoms with Gasteiger partial charge in [-0.05, 0) is 42.5 Å². The van der Waals surface area contributed by atoms with E-state index in [0.717, 1.165) is 5.69 Å². The van der Waals surface area contributed by atoms with Crippen molar-refractivity contribution in [3.63, 3.8) is 0 Å². The number of halogens is 1. The minimum Gasteiger partial charge on any atom is -0.352 e. The van der Waals surface area contributed by atoms with Gasteiger partial charge in [-0.25, -0.2) is 8.42 Å². The Hall–Kier alpha value is -3.16. The third kappa shape index (κ3) is 5.51. The molecule has 31 heavy (non-hydrogen) atoms. The predicted octanol–water partition coefficient (Wildman–Crippen LogP) is 4.09. The summed E-state index contributed by atoms with van der Waals surface area (Å²) in [4.78, 5) is 16.8. The lowest BCUT2D eigenvalue weighted by Crippen LogP contribution is -2.32. The van der Waals surface area contributed by atoms with Crippen LogP contribution in [0.15, 0.2) is 90.5 Å². The molecule has 2 aromatic carbocycles. The summed E-state index contributed by atoms with van der Waals surface area (Å²) in [6, 6.07) is 18.2. The Morgan fingerprint density at radius 2 is 1.87 bits per heavy atom. The molecule has 0 unspecified atom stereocenters. The van der Waals surface area contributed by atoms with E-state index in [4.69, 9.17) is 11.6 Å². The average Bonchev–Trinajstić information content (AvgIpc) is 2.79. The van der Waals surface area contributed by atoms with Crippen LogP contribution in [0.3, 0.4) is 0 Å². The molecule has 1 aromatic heterocycles. The first-order chi connectivity index (χ1) is 14.9. The number of nitrogens with one attached hydrogen (secondary N) is 1. The van der Waals surface area contributed by atoms with Gasteiger partial charge in [-0.15, -0.1) is 6.58 Å². The lowest BCUT2D eigenvalue weighted by atomic mass is 10.2. The maximum absolute atomic E-state index is 13.3. The fourth-order valence-corrected chi connectivity index (χ4v) is 4.76. The molecule has 1 heterocycles. The van der Waals surface area contributed by atoms with E-state index >= 15 is 0 Å². The third-order valence-corrected chi connectivity index (χ3v) is 6.59. The molecule has 0 aliphatic heterocycles. The van der Waals surface area contributed by atoms with Gasteiger partial charge in [-0.1, -0.05) is 41.9 Å². The van der Waals surface area contributed by atoms with Gasteiger partial charge in [0.1, 0.15) is 0 Å². The molecule has 0 atom stereocenters. The standard InChI is InChI=1S/C23H22ClN3O3S/c1-2-16-27(22-12-4-3-11-21(22)24)31(29,30)20-10-7-8-18(17-20)23(28)26-15-13-19-9-5-6-14-25-19/h2-12,14,17H,1,13,15-16H2,(H,26,28). The van der Waals surface area contributed by atoms with Crippen LogP contribution in [0.1, 0.15) is 16.1 Å². The highest BCUT2D eigenvalue weighted by molar-refractivity contribution is 7.92. The quantitative estimate of drug-likeness (QED) is 0.493. The van der Waals surface area contributed by atoms with Crippen molar-refractivity contribution >= 4 is 33.2 Å². The van der Waals surface area contributed by atoms with Crippen molar-refractivity contribution in [2.24, 2.45) is 0 Å². The highest BCUT2D eigenvalue weighted by atomic mass is 35.5. The number of carbonyl (C=O) groups excluding carboxylic acids is 1. The van der Waals surface area contributed by atoms with Gasteiger partial charge in [0.25, 0.3) is 15.9 Å². The second-order valence-electron chi connectivity index (χ2n) is 6.63. The summed E-state index contributed by atoms with van der Waals surface area (Å²) in [5, 5.41) is 3.10. The Kier molecular flexibility index (Phi) is 7.44. The number of nitrogens with zero attached hydrogens (tertiary/aromatic N) is 2. The minimum absolute atomic E-state index is 0.00774. The van der Waals surface area contributed by atoms with Crippen LogP contribution in [0.5, 0.6) is 0 Å². The second kappa shape index (κ2) is 10.2. The Balaban J connectivity index is 1.80. The van der Waals surface area contributed by atoms with Gasteiger partial charge in [0.05, 0.1) is 22.2 Å². The molecule has 6 nitrogen and oxygen atoms in total. The van der Waals surface area contributed by atoms with E-state index in [1.165, 1.54) is 22.5 Å². The molecule has 0 saturated heterocycles. The molecule has 0 aliphatic rings. The summed E-state index contributed by atoms with van der Waals surface area (Å²) in [6.45, 7) is 4.07. The van der Waals surface area contributed by atoms with Crippen LogP contribution in [0.2, 0.25) is 5.02 Å². The number of anilines is 1. The van der Waals surface area contributed by atoms with Crippen molar-refractivity contribution in [1.82, 2.24) is 10.3 Å². The normalized spacial score (nSPS) is 11.0. The molecule has 160 valence electrons. The molecule has 0 spiro atoms. The van der Waals surface area contributed by atoms with Crippen molar-refractivity contribution < 1.29 is 13.2 Å². The largest absolute Gasteiger partial charge is 0.352 e. The highest BCUT2D eigenvalue weighted by Gasteiger charge is 2.26. The number of amides is 1. The molecule has 0 radical (unpaired) electrons. The molecule has 3 rings (SSSR count). The molecular formula is C23H22ClN3O3S. The summed E-state index contributed by atoms with van der Waals surface area (Å²) in [5.41, 5.74) is 1.45. The number of sulfonamides is 1. The second-order valence-corrected chi connectivity index (χ2v) is 8.90. The first-order valence-corrected chi connectivity index (χ1v) is 11.4. The van der Waals surface area contributed by atoms with Crippen molar-refractivity contribution in [3.8, 4) is 0 Å². The van der Waals surface area contributed by atoms with E-state index < -0.39 is 10.0 Å². The van der Waals surface area contributed by atoms with E-state index in [1.807, 2.05) is 18.2 Å². The zero-order valence-corrected chi connectivity index (χ0v) is 18.3. The molecule has 1 N–H and O–H groups in total. The van der Waals surface area contributed by atoms with Crippen LogP contribution in [0, 0.1) is 0 Å². The molecule has 8 heteroatoms. The van der Waals surface area contributed by atoms with Crippen LogP contribution >= 0.6 is 11.6 Å². The van der Waals surface area contributed by atoms with Gasteiger partial charge in [0.15, 0.2) is 0 Å². The minimum atomic E-state index is -3.97. The maximum atomic E-state index is 13.3. The van der Waals surface area contributed by atoms with Crippen molar-refractivity contribution in [1.29, 1.82) is 0 Å². The lowest BCUT2D eigenvalue weighted by Gasteiger charge is -2.24. The fraction of sp³-hybridized carbons (Fsp3) is 0.130. The van der Waals surface area contributed by atoms with Gasteiger partial charge < -0.3 is 5.32 Å². The lowest BCUT2D eigenvalue weighted by molar-refractivity contribution is 0.0954. The highest BCUT2D eigenvalue weighted by Crippen LogP contribution is 2.30. The van der Waals surface area contributed by atoms with Crippen molar-refractivity contribution in [3.05, 3.63) is 102 Å². The van der Waals surface area contributed by atoms with Gasteiger partial charge in [-0.2, -0.15) is 0 Å².